The van der Waals surface area contributed by atoms with Gasteiger partial charge in [0, 0.05) is 29.4 Å². The Morgan fingerprint density at radius 3 is 1.93 bits per heavy atom. The third-order valence-corrected chi connectivity index (χ3v) is 13.5. The monoisotopic (exact) mass is 460 g/mol. The van der Waals surface area contributed by atoms with E-state index in [4.69, 9.17) is 23.2 Å². The molecule has 0 atom stereocenters. The number of pyridine rings is 2. The molecule has 7 heteroatoms. The van der Waals surface area contributed by atoms with E-state index in [1.807, 2.05) is 24.5 Å². The van der Waals surface area contributed by atoms with Gasteiger partial charge >= 0.3 is 0 Å². The molecule has 0 aliphatic carbocycles. The molecule has 30 heavy (non-hydrogen) atoms. The van der Waals surface area contributed by atoms with Gasteiger partial charge in [0.2, 0.25) is 0 Å². The molecule has 0 fully saturated rings. The van der Waals surface area contributed by atoms with Crippen molar-refractivity contribution in [2.45, 2.75) is 58.2 Å². The maximum absolute atomic E-state index is 6.32. The van der Waals surface area contributed by atoms with Crippen molar-refractivity contribution in [3.8, 4) is 0 Å². The molecule has 0 bridgehead atoms. The average Bonchev–Trinajstić information content (AvgIpc) is 3.31. The zero-order valence-corrected chi connectivity index (χ0v) is 21.0. The summed E-state index contributed by atoms with van der Waals surface area (Å²) < 4.78 is 2.49. The van der Waals surface area contributed by atoms with E-state index >= 15 is 0 Å². The number of hydrogen-bond acceptors (Lipinski definition) is 2. The maximum Gasteiger partial charge on any atom is 0.171 e. The second kappa shape index (κ2) is 9.12. The van der Waals surface area contributed by atoms with Crippen molar-refractivity contribution >= 4 is 53.5 Å². The van der Waals surface area contributed by atoms with Gasteiger partial charge in [0.05, 0.1) is 10.0 Å². The summed E-state index contributed by atoms with van der Waals surface area (Å²) in [6.45, 7) is 14.2. The highest BCUT2D eigenvalue weighted by atomic mass is 35.5. The summed E-state index contributed by atoms with van der Waals surface area (Å²) >= 11 is 12.2. The highest BCUT2D eigenvalue weighted by Gasteiger charge is 2.45. The molecule has 0 amide bonds. The van der Waals surface area contributed by atoms with Crippen LogP contribution in [0.2, 0.25) is 26.7 Å². The first kappa shape index (κ1) is 22.9. The Morgan fingerprint density at radius 2 is 1.37 bits per heavy atom. The van der Waals surface area contributed by atoms with Crippen molar-refractivity contribution in [1.82, 2.24) is 19.2 Å². The summed E-state index contributed by atoms with van der Waals surface area (Å²) in [6.07, 6.45) is 7.54. The Morgan fingerprint density at radius 1 is 0.800 bits per heavy atom. The van der Waals surface area contributed by atoms with Crippen molar-refractivity contribution < 1.29 is 0 Å². The third-order valence-electron chi connectivity index (χ3n) is 6.13. The molecule has 4 aromatic heterocycles. The van der Waals surface area contributed by atoms with Gasteiger partial charge in [0.25, 0.3) is 0 Å². The molecule has 0 aliphatic heterocycles. The van der Waals surface area contributed by atoms with Gasteiger partial charge < -0.3 is 9.22 Å². The van der Waals surface area contributed by atoms with Gasteiger partial charge in [-0.25, -0.2) is 9.97 Å². The van der Waals surface area contributed by atoms with Crippen LogP contribution in [0.4, 0.5) is 0 Å². The molecule has 0 aromatic carbocycles. The topological polar surface area (TPSA) is 46.5 Å². The van der Waals surface area contributed by atoms with E-state index in [-0.39, 0.29) is 0 Å². The van der Waals surface area contributed by atoms with Gasteiger partial charge in [0.15, 0.2) is 8.24 Å². The minimum absolute atomic E-state index is 0.652. The van der Waals surface area contributed by atoms with Gasteiger partial charge in [-0.3, -0.25) is 0 Å². The Bertz CT molecular complexity index is 1110. The number of fused-ring (bicyclic) bond motifs is 2. The van der Waals surface area contributed by atoms with E-state index in [0.717, 1.165) is 32.1 Å². The number of hydrogen-bond donors (Lipinski definition) is 1. The predicted octanol–water partition coefficient (Wildman–Crippen LogP) is 7.93. The van der Waals surface area contributed by atoms with E-state index < -0.39 is 8.24 Å². The summed E-state index contributed by atoms with van der Waals surface area (Å²) in [5.74, 6) is 0. The van der Waals surface area contributed by atoms with Crippen molar-refractivity contribution in [3.05, 3.63) is 59.1 Å². The number of aromatic amines is 1. The molecule has 0 saturated carbocycles. The number of H-pyrrole nitrogens is 1. The number of aromatic nitrogens is 4. The second-order valence-electron chi connectivity index (χ2n) is 8.60. The molecule has 4 aromatic rings. The minimum Gasteiger partial charge on any atom is -0.359 e. The number of nitrogens with one attached hydrogen (secondary N) is 1. The molecule has 4 heterocycles. The van der Waals surface area contributed by atoms with Gasteiger partial charge in [-0.15, -0.1) is 0 Å². The van der Waals surface area contributed by atoms with Crippen LogP contribution in [-0.4, -0.2) is 27.4 Å². The van der Waals surface area contributed by atoms with Crippen molar-refractivity contribution in [2.75, 3.05) is 0 Å². The first-order valence-corrected chi connectivity index (χ1v) is 13.3. The summed E-state index contributed by atoms with van der Waals surface area (Å²) in [4.78, 5) is 11.7. The molecular weight excluding hydrogens is 431 g/mol. The molecule has 1 N–H and O–H groups in total. The van der Waals surface area contributed by atoms with Crippen LogP contribution in [0, 0.1) is 0 Å². The highest BCUT2D eigenvalue weighted by Crippen LogP contribution is 2.44. The van der Waals surface area contributed by atoms with Crippen LogP contribution < -0.4 is 0 Å². The van der Waals surface area contributed by atoms with E-state index in [1.54, 1.807) is 12.3 Å². The van der Waals surface area contributed by atoms with Crippen LogP contribution in [0.5, 0.6) is 0 Å². The van der Waals surface area contributed by atoms with Crippen molar-refractivity contribution in [2.24, 2.45) is 0 Å². The van der Waals surface area contributed by atoms with Gasteiger partial charge in [0.1, 0.15) is 11.3 Å². The van der Waals surface area contributed by atoms with E-state index in [2.05, 4.69) is 73.0 Å². The fourth-order valence-electron chi connectivity index (χ4n) is 5.08. The van der Waals surface area contributed by atoms with Crippen LogP contribution >= 0.6 is 23.2 Å². The summed E-state index contributed by atoms with van der Waals surface area (Å²) in [5, 5.41) is 3.59. The summed E-state index contributed by atoms with van der Waals surface area (Å²) in [7, 11) is -1.74. The fraction of sp³-hybridized carbons (Fsp3) is 0.391. The second-order valence-corrected chi connectivity index (χ2v) is 15.1. The third kappa shape index (κ3) is 3.91. The van der Waals surface area contributed by atoms with Gasteiger partial charge in [-0.2, -0.15) is 0 Å². The Hall–Kier alpha value is -1.82. The lowest BCUT2D eigenvalue weighted by Gasteiger charge is -2.44. The zero-order chi connectivity index (χ0) is 22.1. The van der Waals surface area contributed by atoms with Crippen molar-refractivity contribution in [3.63, 3.8) is 0 Å². The predicted molar refractivity (Wildman–Crippen MR) is 132 cm³/mol. The lowest BCUT2D eigenvalue weighted by Crippen LogP contribution is -2.51. The van der Waals surface area contributed by atoms with Gasteiger partial charge in [-0.05, 0) is 47.1 Å². The van der Waals surface area contributed by atoms with Crippen LogP contribution in [-0.2, 0) is 0 Å². The quantitative estimate of drug-likeness (QED) is 0.314. The average molecular weight is 462 g/mol. The fourth-order valence-corrected chi connectivity index (χ4v) is 12.0. The van der Waals surface area contributed by atoms with Crippen LogP contribution in [0.3, 0.4) is 0 Å². The maximum atomic E-state index is 6.32. The Balaban J connectivity index is 0.000000212. The van der Waals surface area contributed by atoms with Crippen LogP contribution in [0.25, 0.3) is 22.1 Å². The van der Waals surface area contributed by atoms with Gasteiger partial charge in [-0.1, -0.05) is 64.7 Å². The van der Waals surface area contributed by atoms with E-state index in [9.17, 15) is 0 Å². The molecule has 0 unspecified atom stereocenters. The number of halogens is 2. The first-order valence-electron chi connectivity index (χ1n) is 10.4. The molecule has 0 aliphatic rings. The molecule has 160 valence electrons. The molecule has 0 radical (unpaired) electrons. The lowest BCUT2D eigenvalue weighted by atomic mass is 10.3. The summed E-state index contributed by atoms with van der Waals surface area (Å²) in [6, 6.07) is 7.68. The zero-order valence-electron chi connectivity index (χ0n) is 18.4. The molecule has 4 rings (SSSR count). The summed E-state index contributed by atoms with van der Waals surface area (Å²) in [5.41, 5.74) is 3.85. The van der Waals surface area contributed by atoms with Crippen LogP contribution in [0.15, 0.2) is 49.1 Å². The molecule has 0 saturated heterocycles. The standard InChI is InChI=1S/C16H25ClN2Si.C7H5ClN2/c1-11(2)20(12(3)4,13(5)6)19-10-8-14-15(17)7-9-18-16(14)19;8-6-2-4-10-7-5(6)1-3-9-7/h7-13H,1-6H3;1-4H,(H,9,10). The van der Waals surface area contributed by atoms with Crippen molar-refractivity contribution in [1.29, 1.82) is 0 Å². The Kier molecular flexibility index (Phi) is 6.95. The minimum atomic E-state index is -1.74. The van der Waals surface area contributed by atoms with E-state index in [0.29, 0.717) is 16.6 Å². The van der Waals surface area contributed by atoms with E-state index in [1.165, 1.54) is 0 Å². The molecule has 4 nitrogen and oxygen atoms in total. The SMILES string of the molecule is CC(C)[Si](C(C)C)(C(C)C)n1ccc2c(Cl)ccnc21.Clc1ccnc2[nH]ccc12. The molecular formula is C23H30Cl2N4Si. The largest absolute Gasteiger partial charge is 0.359 e. The highest BCUT2D eigenvalue weighted by molar-refractivity contribution is 6.82. The number of nitrogens with zero attached hydrogens (tertiary/aromatic N) is 3. The Labute approximate surface area is 189 Å². The normalized spacial score (nSPS) is 12.2. The molecule has 0 spiro atoms. The first-order chi connectivity index (χ1) is 14.2. The smallest absolute Gasteiger partial charge is 0.171 e. The number of rotatable bonds is 4. The lowest BCUT2D eigenvalue weighted by molar-refractivity contribution is 0.770. The van der Waals surface area contributed by atoms with Crippen LogP contribution in [0.1, 0.15) is 41.5 Å².